The highest BCUT2D eigenvalue weighted by atomic mass is 19.4. The molecular weight excluding hydrogens is 319 g/mol. The van der Waals surface area contributed by atoms with Gasteiger partial charge in [-0.1, -0.05) is 0 Å². The van der Waals surface area contributed by atoms with Crippen LogP contribution < -0.4 is 5.32 Å². The first-order valence-electron chi connectivity index (χ1n) is 6.46. The van der Waals surface area contributed by atoms with Crippen molar-refractivity contribution in [2.45, 2.75) is 12.6 Å². The van der Waals surface area contributed by atoms with Gasteiger partial charge in [-0.15, -0.1) is 0 Å². The predicted molar refractivity (Wildman–Crippen MR) is 74.3 cm³/mol. The van der Waals surface area contributed by atoms with Crippen LogP contribution in [0, 0.1) is 0 Å². The number of benzene rings is 1. The Morgan fingerprint density at radius 3 is 2.35 bits per heavy atom. The van der Waals surface area contributed by atoms with E-state index < -0.39 is 35.8 Å². The van der Waals surface area contributed by atoms with Crippen LogP contribution in [0.2, 0.25) is 0 Å². The van der Waals surface area contributed by atoms with E-state index in [1.54, 1.807) is 0 Å². The number of carbonyl (C=O) groups is 2. The zero-order valence-electron chi connectivity index (χ0n) is 12.5. The van der Waals surface area contributed by atoms with Crippen LogP contribution in [0.1, 0.15) is 32.7 Å². The molecule has 0 spiro atoms. The maximum atomic E-state index is 13.2. The van der Waals surface area contributed by atoms with Gasteiger partial charge in [0.1, 0.15) is 6.73 Å². The molecule has 1 aromatic carbocycles. The van der Waals surface area contributed by atoms with Gasteiger partial charge in [-0.25, -0.2) is 4.79 Å². The molecule has 23 heavy (non-hydrogen) atoms. The smallest absolute Gasteiger partial charge is 0.417 e. The van der Waals surface area contributed by atoms with Crippen LogP contribution in [0.15, 0.2) is 12.1 Å². The van der Waals surface area contributed by atoms with E-state index >= 15 is 0 Å². The second-order valence-corrected chi connectivity index (χ2v) is 4.43. The molecule has 2 N–H and O–H groups in total. The van der Waals surface area contributed by atoms with E-state index in [0.29, 0.717) is 6.07 Å². The van der Waals surface area contributed by atoms with Gasteiger partial charge in [-0.3, -0.25) is 4.79 Å². The molecular formula is C14H16F3NO5. The van der Waals surface area contributed by atoms with E-state index in [-0.39, 0.29) is 24.3 Å². The third kappa shape index (κ3) is 4.67. The first kappa shape index (κ1) is 18.9. The van der Waals surface area contributed by atoms with E-state index in [4.69, 9.17) is 5.11 Å². The molecule has 0 radical (unpaired) electrons. The number of nitrogens with one attached hydrogen (secondary N) is 1. The van der Waals surface area contributed by atoms with Gasteiger partial charge in [0, 0.05) is 19.1 Å². The first-order valence-corrected chi connectivity index (χ1v) is 6.46. The lowest BCUT2D eigenvalue weighted by Crippen LogP contribution is -2.18. The molecule has 0 aromatic heterocycles. The summed E-state index contributed by atoms with van der Waals surface area (Å²) in [6, 6.07) is 1.41. The number of ether oxygens (including phenoxy) is 2. The molecule has 1 rings (SSSR count). The van der Waals surface area contributed by atoms with Crippen molar-refractivity contribution in [2.24, 2.45) is 0 Å². The van der Waals surface area contributed by atoms with Crippen LogP contribution in [-0.4, -0.2) is 44.4 Å². The molecule has 6 nitrogen and oxygen atoms in total. The second-order valence-electron chi connectivity index (χ2n) is 4.43. The topological polar surface area (TPSA) is 84.9 Å². The van der Waals surface area contributed by atoms with Gasteiger partial charge in [0.2, 0.25) is 0 Å². The van der Waals surface area contributed by atoms with E-state index in [9.17, 15) is 22.8 Å². The molecule has 9 heteroatoms. The molecule has 128 valence electrons. The monoisotopic (exact) mass is 335 g/mol. The number of halogens is 3. The fourth-order valence-electron chi connectivity index (χ4n) is 1.90. The molecule has 0 aliphatic carbocycles. The summed E-state index contributed by atoms with van der Waals surface area (Å²) in [6.07, 6.45) is -5.08. The summed E-state index contributed by atoms with van der Waals surface area (Å²) in [6.45, 7) is -0.751. The van der Waals surface area contributed by atoms with E-state index in [1.807, 2.05) is 0 Å². The lowest BCUT2D eigenvalue weighted by molar-refractivity contribution is -0.137. The second kappa shape index (κ2) is 7.93. The highest BCUT2D eigenvalue weighted by molar-refractivity contribution is 6.03. The number of carbonyl (C=O) groups excluding carboxylic acids is 2. The summed E-state index contributed by atoms with van der Waals surface area (Å²) in [7, 11) is 2.36. The average molecular weight is 335 g/mol. The Balaban J connectivity index is 3.50. The van der Waals surface area contributed by atoms with Gasteiger partial charge < -0.3 is 19.9 Å². The average Bonchev–Trinajstić information content (AvgIpc) is 2.50. The van der Waals surface area contributed by atoms with Gasteiger partial charge in [-0.2, -0.15) is 13.2 Å². The molecule has 0 atom stereocenters. The third-order valence-corrected chi connectivity index (χ3v) is 2.97. The molecule has 0 amide bonds. The Kier molecular flexibility index (Phi) is 6.52. The summed E-state index contributed by atoms with van der Waals surface area (Å²) in [4.78, 5) is 23.7. The fraction of sp³-hybridized carbons (Fsp3) is 0.429. The van der Waals surface area contributed by atoms with E-state index in [1.165, 1.54) is 7.11 Å². The lowest BCUT2D eigenvalue weighted by Gasteiger charge is -2.17. The Morgan fingerprint density at radius 2 is 1.87 bits per heavy atom. The first-order chi connectivity index (χ1) is 10.8. The molecule has 0 heterocycles. The zero-order chi connectivity index (χ0) is 17.6. The molecule has 0 fully saturated rings. The maximum Gasteiger partial charge on any atom is 0.417 e. The van der Waals surface area contributed by atoms with Crippen molar-refractivity contribution in [1.29, 1.82) is 0 Å². The Labute approximate surface area is 130 Å². The largest absolute Gasteiger partial charge is 0.465 e. The van der Waals surface area contributed by atoms with Gasteiger partial charge in [0.15, 0.2) is 5.78 Å². The zero-order valence-corrected chi connectivity index (χ0v) is 12.5. The molecule has 0 saturated carbocycles. The van der Waals surface area contributed by atoms with E-state index in [0.717, 1.165) is 13.2 Å². The van der Waals surface area contributed by atoms with Gasteiger partial charge in [0.25, 0.3) is 0 Å². The fourth-order valence-corrected chi connectivity index (χ4v) is 1.90. The van der Waals surface area contributed by atoms with Crippen molar-refractivity contribution >= 4 is 17.4 Å². The highest BCUT2D eigenvalue weighted by Gasteiger charge is 2.36. The van der Waals surface area contributed by atoms with Crippen LogP contribution >= 0.6 is 0 Å². The number of alkyl halides is 3. The standard InChI is InChI=1S/C14H16F3NO5/c1-22-4-3-12(20)8-5-9(13(21)23-2)11(18-7-19)6-10(8)14(15,16)17/h5-6,18-19H,3-4,7H2,1-2H3. The molecule has 0 aliphatic rings. The Morgan fingerprint density at radius 1 is 1.22 bits per heavy atom. The summed E-state index contributed by atoms with van der Waals surface area (Å²) < 4.78 is 48.7. The van der Waals surface area contributed by atoms with Crippen LogP contribution in [0.3, 0.4) is 0 Å². The minimum Gasteiger partial charge on any atom is -0.465 e. The van der Waals surface area contributed by atoms with Crippen LogP contribution in [0.5, 0.6) is 0 Å². The highest BCUT2D eigenvalue weighted by Crippen LogP contribution is 2.36. The molecule has 1 aromatic rings. The van der Waals surface area contributed by atoms with Crippen molar-refractivity contribution in [3.05, 3.63) is 28.8 Å². The van der Waals surface area contributed by atoms with Crippen LogP contribution in [0.4, 0.5) is 18.9 Å². The number of esters is 1. The number of aliphatic hydroxyl groups excluding tert-OH is 1. The van der Waals surface area contributed by atoms with Gasteiger partial charge in [-0.05, 0) is 12.1 Å². The minimum absolute atomic E-state index is 0.0552. The number of methoxy groups -OCH3 is 2. The van der Waals surface area contributed by atoms with Crippen molar-refractivity contribution in [1.82, 2.24) is 0 Å². The summed E-state index contributed by atoms with van der Waals surface area (Å²) in [5.41, 5.74) is -2.43. The number of aliphatic hydroxyl groups is 1. The minimum atomic E-state index is -4.81. The number of hydrogen-bond acceptors (Lipinski definition) is 6. The molecule has 0 saturated heterocycles. The number of anilines is 1. The SMILES string of the molecule is COCCC(=O)c1cc(C(=O)OC)c(NCO)cc1C(F)(F)F. The summed E-state index contributed by atoms with van der Waals surface area (Å²) in [5, 5.41) is 11.1. The van der Waals surface area contributed by atoms with Crippen molar-refractivity contribution < 1.29 is 37.3 Å². The lowest BCUT2D eigenvalue weighted by atomic mass is 9.96. The quantitative estimate of drug-likeness (QED) is 0.451. The maximum absolute atomic E-state index is 13.2. The van der Waals surface area contributed by atoms with Gasteiger partial charge >= 0.3 is 12.1 Å². The third-order valence-electron chi connectivity index (χ3n) is 2.97. The predicted octanol–water partition coefficient (Wildman–Crippen LogP) is 2.07. The molecule has 0 aliphatic heterocycles. The Hall–Kier alpha value is -2.13. The van der Waals surface area contributed by atoms with E-state index in [2.05, 4.69) is 14.8 Å². The molecule has 0 bridgehead atoms. The number of ketones is 1. The van der Waals surface area contributed by atoms with Crippen LogP contribution in [0.25, 0.3) is 0 Å². The van der Waals surface area contributed by atoms with Crippen molar-refractivity contribution in [2.75, 3.05) is 32.9 Å². The summed E-state index contributed by atoms with van der Waals surface area (Å²) in [5.74, 6) is -1.75. The summed E-state index contributed by atoms with van der Waals surface area (Å²) >= 11 is 0. The number of hydrogen-bond donors (Lipinski definition) is 2. The Bertz CT molecular complexity index is 587. The number of rotatable bonds is 7. The van der Waals surface area contributed by atoms with Crippen molar-refractivity contribution in [3.63, 3.8) is 0 Å². The van der Waals surface area contributed by atoms with Crippen LogP contribution in [-0.2, 0) is 15.7 Å². The van der Waals surface area contributed by atoms with Gasteiger partial charge in [0.05, 0.1) is 30.5 Å². The molecule has 0 unspecified atom stereocenters. The van der Waals surface area contributed by atoms with Crippen molar-refractivity contribution in [3.8, 4) is 0 Å². The number of Topliss-reactive ketones (excluding diaryl/α,β-unsaturated/α-hetero) is 1. The normalized spacial score (nSPS) is 11.2.